The third-order valence-corrected chi connectivity index (χ3v) is 7.12. The second-order valence-corrected chi connectivity index (χ2v) is 9.03. The minimum Gasteiger partial charge on any atom is -0.481 e. The number of furan rings is 1. The topological polar surface area (TPSA) is 117 Å². The van der Waals surface area contributed by atoms with E-state index in [0.29, 0.717) is 17.3 Å². The first-order chi connectivity index (χ1) is 16.5. The van der Waals surface area contributed by atoms with Crippen molar-refractivity contribution in [2.45, 2.75) is 31.7 Å². The molecule has 0 amide bonds. The maximum atomic E-state index is 14.2. The molecule has 3 fully saturated rings. The second kappa shape index (κ2) is 7.89. The summed E-state index contributed by atoms with van der Waals surface area (Å²) in [6.45, 7) is 0. The molecule has 8 nitrogen and oxygen atoms in total. The van der Waals surface area contributed by atoms with Crippen LogP contribution in [-0.2, 0) is 4.79 Å². The normalized spacial score (nSPS) is 23.9. The van der Waals surface area contributed by atoms with Crippen molar-refractivity contribution < 1.29 is 23.1 Å². The van der Waals surface area contributed by atoms with Crippen LogP contribution in [0.5, 0.6) is 0 Å². The summed E-state index contributed by atoms with van der Waals surface area (Å²) in [6.07, 6.45) is 5.30. The Labute approximate surface area is 192 Å². The highest BCUT2D eigenvalue weighted by atomic mass is 19.1. The van der Waals surface area contributed by atoms with Crippen molar-refractivity contribution in [3.8, 4) is 23.0 Å². The van der Waals surface area contributed by atoms with Crippen molar-refractivity contribution in [3.63, 3.8) is 0 Å². The fourth-order valence-corrected chi connectivity index (χ4v) is 5.58. The van der Waals surface area contributed by atoms with E-state index in [1.54, 1.807) is 18.2 Å². The predicted molar refractivity (Wildman–Crippen MR) is 119 cm³/mol. The van der Waals surface area contributed by atoms with E-state index in [1.165, 1.54) is 12.3 Å². The zero-order chi connectivity index (χ0) is 23.4. The van der Waals surface area contributed by atoms with Gasteiger partial charge in [-0.25, -0.2) is 18.7 Å². The quantitative estimate of drug-likeness (QED) is 0.385. The Balaban J connectivity index is 1.46. The number of aromatic amines is 1. The minimum absolute atomic E-state index is 0.0200. The molecule has 1 aromatic carbocycles. The van der Waals surface area contributed by atoms with E-state index in [9.17, 15) is 18.7 Å². The number of hydrogen-bond acceptors (Lipinski definition) is 6. The van der Waals surface area contributed by atoms with Crippen LogP contribution in [-0.4, -0.2) is 37.3 Å². The molecule has 7 rings (SSSR count). The van der Waals surface area contributed by atoms with Gasteiger partial charge in [0.1, 0.15) is 28.5 Å². The van der Waals surface area contributed by atoms with E-state index in [1.807, 2.05) is 0 Å². The van der Waals surface area contributed by atoms with Gasteiger partial charge < -0.3 is 14.8 Å². The number of benzene rings is 1. The van der Waals surface area contributed by atoms with Gasteiger partial charge in [0.2, 0.25) is 0 Å². The number of nitrogens with zero attached hydrogens (tertiary/aromatic N) is 3. The number of fused-ring (bicyclic) bond motifs is 4. The Morgan fingerprint density at radius 2 is 1.91 bits per heavy atom. The first-order valence-electron chi connectivity index (χ1n) is 11.2. The number of carboxylic acid groups (broad SMARTS) is 1. The Bertz CT molecular complexity index is 1380. The molecule has 34 heavy (non-hydrogen) atoms. The van der Waals surface area contributed by atoms with Gasteiger partial charge in [-0.1, -0.05) is 0 Å². The third-order valence-electron chi connectivity index (χ3n) is 7.12. The van der Waals surface area contributed by atoms with Crippen LogP contribution < -0.4 is 5.32 Å². The van der Waals surface area contributed by atoms with Crippen molar-refractivity contribution in [1.82, 2.24) is 20.2 Å². The maximum absolute atomic E-state index is 14.2. The molecule has 2 atom stereocenters. The molecule has 3 saturated carbocycles. The van der Waals surface area contributed by atoms with Crippen molar-refractivity contribution in [1.29, 1.82) is 0 Å². The molecule has 0 radical (unpaired) electrons. The zero-order valence-electron chi connectivity index (χ0n) is 18.0. The summed E-state index contributed by atoms with van der Waals surface area (Å²) in [5, 5.41) is 20.2. The van der Waals surface area contributed by atoms with Gasteiger partial charge in [0, 0.05) is 23.6 Å². The van der Waals surface area contributed by atoms with Crippen LogP contribution in [0, 0.1) is 29.4 Å². The van der Waals surface area contributed by atoms with Gasteiger partial charge in [-0.15, -0.1) is 0 Å². The Morgan fingerprint density at radius 3 is 2.65 bits per heavy atom. The zero-order valence-corrected chi connectivity index (χ0v) is 18.0. The van der Waals surface area contributed by atoms with Gasteiger partial charge in [-0.05, 0) is 55.7 Å². The Kier molecular flexibility index (Phi) is 4.82. The fraction of sp³-hybridized carbons (Fsp3) is 0.333. The lowest BCUT2D eigenvalue weighted by atomic mass is 9.61. The summed E-state index contributed by atoms with van der Waals surface area (Å²) in [4.78, 5) is 21.2. The Hall–Kier alpha value is -3.82. The lowest BCUT2D eigenvalue weighted by molar-refractivity contribution is -0.148. The van der Waals surface area contributed by atoms with Crippen LogP contribution >= 0.6 is 0 Å². The number of aliphatic carboxylic acids is 1. The van der Waals surface area contributed by atoms with E-state index >= 15 is 0 Å². The van der Waals surface area contributed by atoms with Crippen LogP contribution in [0.15, 0.2) is 41.0 Å². The molecular weight excluding hydrogens is 444 g/mol. The molecule has 3 heterocycles. The van der Waals surface area contributed by atoms with Gasteiger partial charge in [0.05, 0.1) is 12.2 Å². The maximum Gasteiger partial charge on any atom is 0.308 e. The smallest absolute Gasteiger partial charge is 0.308 e. The second-order valence-electron chi connectivity index (χ2n) is 9.03. The molecule has 4 aromatic rings. The fourth-order valence-electron chi connectivity index (χ4n) is 5.58. The number of aromatic nitrogens is 4. The Morgan fingerprint density at radius 1 is 1.12 bits per heavy atom. The van der Waals surface area contributed by atoms with Gasteiger partial charge in [0.15, 0.2) is 17.4 Å². The third kappa shape index (κ3) is 3.41. The molecule has 3 aromatic heterocycles. The van der Waals surface area contributed by atoms with Crippen molar-refractivity contribution in [2.24, 2.45) is 17.8 Å². The SMILES string of the molecule is O=C(O)[C@@H]1C2CCC(CC2)[C@H]1Nc1cc(-c2ccco2)nc(-c2[nH]nc3c(F)cc(F)cc23)n1. The highest BCUT2D eigenvalue weighted by Gasteiger charge is 2.47. The standard InChI is InChI=1S/C24H21F2N5O3/c25-13-8-14-21(15(26)9-13)30-31-22(14)23-27-16(17-2-1-7-34-17)10-18(29-23)28-20-12-5-3-11(4-6-12)19(20)24(32)33/h1-2,7-12,19-20H,3-6H2,(H,30,31)(H,32,33)(H,27,28,29)/t11?,12?,19-,20-/m1/s1. The van der Waals surface area contributed by atoms with E-state index < -0.39 is 23.5 Å². The minimum atomic E-state index is -0.807. The van der Waals surface area contributed by atoms with Crippen LogP contribution in [0.2, 0.25) is 0 Å². The van der Waals surface area contributed by atoms with Gasteiger partial charge in [-0.2, -0.15) is 5.10 Å². The monoisotopic (exact) mass is 465 g/mol. The molecular formula is C24H21F2N5O3. The average Bonchev–Trinajstić information content (AvgIpc) is 3.50. The van der Waals surface area contributed by atoms with Crippen molar-refractivity contribution >= 4 is 22.7 Å². The molecule has 3 aliphatic rings. The molecule has 0 saturated heterocycles. The largest absolute Gasteiger partial charge is 0.481 e. The molecule has 10 heteroatoms. The van der Waals surface area contributed by atoms with Crippen molar-refractivity contribution in [2.75, 3.05) is 5.32 Å². The summed E-state index contributed by atoms with van der Waals surface area (Å²) < 4.78 is 33.7. The van der Waals surface area contributed by atoms with E-state index in [4.69, 9.17) is 4.42 Å². The highest BCUT2D eigenvalue weighted by Crippen LogP contribution is 2.46. The molecule has 0 aliphatic heterocycles. The van der Waals surface area contributed by atoms with E-state index in [2.05, 4.69) is 25.5 Å². The predicted octanol–water partition coefficient (Wildman–Crippen LogP) is 4.86. The first-order valence-corrected chi connectivity index (χ1v) is 11.2. The number of anilines is 1. The number of H-pyrrole nitrogens is 1. The summed E-state index contributed by atoms with van der Waals surface area (Å²) in [5.41, 5.74) is 0.684. The summed E-state index contributed by atoms with van der Waals surface area (Å²) in [7, 11) is 0. The van der Waals surface area contributed by atoms with Gasteiger partial charge >= 0.3 is 5.97 Å². The van der Waals surface area contributed by atoms with Crippen LogP contribution in [0.25, 0.3) is 33.9 Å². The first kappa shape index (κ1) is 20.8. The molecule has 3 aliphatic carbocycles. The molecule has 0 spiro atoms. The number of hydrogen-bond donors (Lipinski definition) is 3. The van der Waals surface area contributed by atoms with Crippen molar-refractivity contribution in [3.05, 3.63) is 48.2 Å². The molecule has 2 bridgehead atoms. The number of nitrogens with one attached hydrogen (secondary N) is 2. The number of rotatable bonds is 5. The highest BCUT2D eigenvalue weighted by molar-refractivity contribution is 5.92. The van der Waals surface area contributed by atoms with Gasteiger partial charge in [-0.3, -0.25) is 9.89 Å². The van der Waals surface area contributed by atoms with Crippen LogP contribution in [0.4, 0.5) is 14.6 Å². The lowest BCUT2D eigenvalue weighted by Crippen LogP contribution is -2.51. The number of carbonyl (C=O) groups is 1. The summed E-state index contributed by atoms with van der Waals surface area (Å²) in [5.74, 6) is -1.42. The van der Waals surface area contributed by atoms with Crippen LogP contribution in [0.3, 0.4) is 0 Å². The van der Waals surface area contributed by atoms with E-state index in [-0.39, 0.29) is 40.3 Å². The lowest BCUT2D eigenvalue weighted by Gasteiger charge is -2.47. The molecule has 174 valence electrons. The summed E-state index contributed by atoms with van der Waals surface area (Å²) in [6, 6.07) is 6.83. The van der Waals surface area contributed by atoms with Gasteiger partial charge in [0.25, 0.3) is 0 Å². The number of halogens is 2. The molecule has 3 N–H and O–H groups in total. The summed E-state index contributed by atoms with van der Waals surface area (Å²) >= 11 is 0. The van der Waals surface area contributed by atoms with E-state index in [0.717, 1.165) is 31.7 Å². The average molecular weight is 465 g/mol. The van der Waals surface area contributed by atoms with Crippen LogP contribution in [0.1, 0.15) is 25.7 Å². The number of carboxylic acids is 1. The molecule has 0 unspecified atom stereocenters.